The lowest BCUT2D eigenvalue weighted by molar-refractivity contribution is -0.383. The number of hydrogen-bond donors (Lipinski definition) is 0. The first-order valence-electron chi connectivity index (χ1n) is 4.90. The van der Waals surface area contributed by atoms with Gasteiger partial charge in [-0.3, -0.25) is 14.8 Å². The third-order valence-electron chi connectivity index (χ3n) is 2.74. The molecule has 0 amide bonds. The van der Waals surface area contributed by atoms with Crippen molar-refractivity contribution in [3.63, 3.8) is 0 Å². The van der Waals surface area contributed by atoms with Gasteiger partial charge in [-0.1, -0.05) is 0 Å². The molecular weight excluding hydrogens is 251 g/mol. The number of rotatable bonds is 1. The molecule has 1 heterocycles. The van der Waals surface area contributed by atoms with E-state index in [4.69, 9.17) is 0 Å². The monoisotopic (exact) mass is 259 g/mol. The van der Waals surface area contributed by atoms with Crippen molar-refractivity contribution < 1.29 is 18.1 Å². The average molecular weight is 259 g/mol. The van der Waals surface area contributed by atoms with E-state index in [9.17, 15) is 23.3 Å². The summed E-state index contributed by atoms with van der Waals surface area (Å²) in [7, 11) is 1.52. The number of alkyl halides is 3. The molecular formula is C10H8F3N3O2. The average Bonchev–Trinajstić information content (AvgIpc) is 2.52. The van der Waals surface area contributed by atoms with Gasteiger partial charge in [-0.05, 0) is 13.0 Å². The highest BCUT2D eigenvalue weighted by molar-refractivity contribution is 5.90. The highest BCUT2D eigenvalue weighted by Gasteiger charge is 2.34. The summed E-state index contributed by atoms with van der Waals surface area (Å²) in [6.45, 7) is 1.55. The number of halogens is 3. The van der Waals surface area contributed by atoms with Crippen LogP contribution in [0.15, 0.2) is 12.1 Å². The smallest absolute Gasteiger partial charge is 0.271 e. The molecule has 18 heavy (non-hydrogen) atoms. The van der Waals surface area contributed by atoms with Crippen molar-refractivity contribution in [2.24, 2.45) is 7.05 Å². The number of nitrogens with zero attached hydrogens (tertiary/aromatic N) is 3. The van der Waals surface area contributed by atoms with E-state index >= 15 is 0 Å². The Hall–Kier alpha value is -2.12. The van der Waals surface area contributed by atoms with Gasteiger partial charge in [0.1, 0.15) is 0 Å². The van der Waals surface area contributed by atoms with Crippen molar-refractivity contribution in [3.05, 3.63) is 33.5 Å². The number of aromatic nitrogens is 2. The van der Waals surface area contributed by atoms with Crippen LogP contribution in [0.4, 0.5) is 18.9 Å². The van der Waals surface area contributed by atoms with E-state index in [2.05, 4.69) is 5.10 Å². The Kier molecular flexibility index (Phi) is 2.53. The molecule has 0 saturated carbocycles. The van der Waals surface area contributed by atoms with Crippen LogP contribution in [-0.4, -0.2) is 14.7 Å². The van der Waals surface area contributed by atoms with Crippen LogP contribution >= 0.6 is 0 Å². The van der Waals surface area contributed by atoms with Gasteiger partial charge in [-0.25, -0.2) is 0 Å². The van der Waals surface area contributed by atoms with Gasteiger partial charge in [-0.2, -0.15) is 18.3 Å². The number of aryl methyl sites for hydroxylation is 2. The summed E-state index contributed by atoms with van der Waals surface area (Å²) in [5, 5.41) is 14.8. The molecule has 0 N–H and O–H groups in total. The van der Waals surface area contributed by atoms with E-state index in [1.54, 1.807) is 6.92 Å². The standard InChI is InChI=1S/C10H8F3N3O2/c1-5-7-3-6(10(11,12)13)4-8(16(17)18)9(7)14-15(5)2/h3-4H,1-2H3. The molecule has 0 bridgehead atoms. The molecule has 0 atom stereocenters. The molecule has 0 unspecified atom stereocenters. The van der Waals surface area contributed by atoms with Crippen LogP contribution in [0.25, 0.3) is 10.9 Å². The Morgan fingerprint density at radius 3 is 2.50 bits per heavy atom. The van der Waals surface area contributed by atoms with Crippen LogP contribution in [-0.2, 0) is 13.2 Å². The second-order valence-electron chi connectivity index (χ2n) is 3.86. The summed E-state index contributed by atoms with van der Waals surface area (Å²) in [4.78, 5) is 9.95. The number of non-ortho nitro benzene ring substituents is 1. The van der Waals surface area contributed by atoms with Gasteiger partial charge in [0.15, 0.2) is 5.52 Å². The predicted molar refractivity (Wildman–Crippen MR) is 57.1 cm³/mol. The van der Waals surface area contributed by atoms with E-state index in [1.807, 2.05) is 0 Å². The maximum absolute atomic E-state index is 12.6. The third-order valence-corrected chi connectivity index (χ3v) is 2.74. The Labute approximate surface area is 99.0 Å². The first-order chi connectivity index (χ1) is 8.21. The Balaban J connectivity index is 2.88. The van der Waals surface area contributed by atoms with Gasteiger partial charge in [0, 0.05) is 24.2 Å². The van der Waals surface area contributed by atoms with Crippen LogP contribution in [0, 0.1) is 17.0 Å². The first-order valence-corrected chi connectivity index (χ1v) is 4.90. The third kappa shape index (κ3) is 1.79. The van der Waals surface area contributed by atoms with Crippen molar-refractivity contribution >= 4 is 16.6 Å². The Morgan fingerprint density at radius 2 is 2.00 bits per heavy atom. The lowest BCUT2D eigenvalue weighted by atomic mass is 10.1. The molecule has 0 aliphatic rings. The van der Waals surface area contributed by atoms with Crippen molar-refractivity contribution in [1.29, 1.82) is 0 Å². The van der Waals surface area contributed by atoms with Gasteiger partial charge in [0.25, 0.3) is 5.69 Å². The topological polar surface area (TPSA) is 61.0 Å². The lowest BCUT2D eigenvalue weighted by Crippen LogP contribution is -2.05. The van der Waals surface area contributed by atoms with Crippen LogP contribution in [0.3, 0.4) is 0 Å². The van der Waals surface area contributed by atoms with E-state index < -0.39 is 22.4 Å². The molecule has 0 spiro atoms. The molecule has 96 valence electrons. The minimum absolute atomic E-state index is 0.0343. The number of nitro benzene ring substituents is 1. The molecule has 0 aliphatic heterocycles. The fraction of sp³-hybridized carbons (Fsp3) is 0.300. The molecule has 0 radical (unpaired) electrons. The van der Waals surface area contributed by atoms with Gasteiger partial charge < -0.3 is 0 Å². The minimum Gasteiger partial charge on any atom is -0.271 e. The van der Waals surface area contributed by atoms with Crippen LogP contribution in [0.1, 0.15) is 11.3 Å². The number of nitro groups is 1. The molecule has 1 aromatic carbocycles. The molecule has 8 heteroatoms. The van der Waals surface area contributed by atoms with Crippen LogP contribution < -0.4 is 0 Å². The van der Waals surface area contributed by atoms with Crippen LogP contribution in [0.5, 0.6) is 0 Å². The van der Waals surface area contributed by atoms with E-state index in [0.29, 0.717) is 11.8 Å². The molecule has 5 nitrogen and oxygen atoms in total. The minimum atomic E-state index is -4.62. The molecule has 2 aromatic rings. The number of benzene rings is 1. The Bertz CT molecular complexity index is 646. The summed E-state index contributed by atoms with van der Waals surface area (Å²) >= 11 is 0. The van der Waals surface area contributed by atoms with Crippen LogP contribution in [0.2, 0.25) is 0 Å². The van der Waals surface area contributed by atoms with Gasteiger partial charge in [-0.15, -0.1) is 0 Å². The Morgan fingerprint density at radius 1 is 1.39 bits per heavy atom. The zero-order valence-electron chi connectivity index (χ0n) is 9.45. The quantitative estimate of drug-likeness (QED) is 0.584. The molecule has 0 fully saturated rings. The molecule has 1 aromatic heterocycles. The maximum Gasteiger partial charge on any atom is 0.416 e. The normalized spacial score (nSPS) is 12.1. The fourth-order valence-electron chi connectivity index (χ4n) is 1.70. The molecule has 0 aliphatic carbocycles. The zero-order chi connectivity index (χ0) is 13.7. The summed E-state index contributed by atoms with van der Waals surface area (Å²) in [6.07, 6.45) is -4.62. The van der Waals surface area contributed by atoms with Gasteiger partial charge in [0.2, 0.25) is 0 Å². The lowest BCUT2D eigenvalue weighted by Gasteiger charge is -2.06. The van der Waals surface area contributed by atoms with Crippen molar-refractivity contribution in [2.45, 2.75) is 13.1 Å². The fourth-order valence-corrected chi connectivity index (χ4v) is 1.70. The van der Waals surface area contributed by atoms with Gasteiger partial charge in [0.05, 0.1) is 10.5 Å². The number of fused-ring (bicyclic) bond motifs is 1. The summed E-state index contributed by atoms with van der Waals surface area (Å²) < 4.78 is 39.3. The highest BCUT2D eigenvalue weighted by Crippen LogP contribution is 2.36. The largest absolute Gasteiger partial charge is 0.416 e. The number of hydrogen-bond acceptors (Lipinski definition) is 3. The second-order valence-corrected chi connectivity index (χ2v) is 3.86. The van der Waals surface area contributed by atoms with E-state index in [-0.39, 0.29) is 10.9 Å². The summed E-state index contributed by atoms with van der Waals surface area (Å²) in [6, 6.07) is 1.39. The van der Waals surface area contributed by atoms with Gasteiger partial charge >= 0.3 is 6.18 Å². The predicted octanol–water partition coefficient (Wildman–Crippen LogP) is 2.81. The first kappa shape index (κ1) is 12.3. The van der Waals surface area contributed by atoms with Crippen molar-refractivity contribution in [2.75, 3.05) is 0 Å². The zero-order valence-corrected chi connectivity index (χ0v) is 9.45. The van der Waals surface area contributed by atoms with E-state index in [0.717, 1.165) is 6.07 Å². The second kappa shape index (κ2) is 3.69. The summed E-state index contributed by atoms with van der Waals surface area (Å²) in [5.41, 5.74) is -1.27. The SMILES string of the molecule is Cc1c2cc(C(F)(F)F)cc([N+](=O)[O-])c2nn1C. The highest BCUT2D eigenvalue weighted by atomic mass is 19.4. The maximum atomic E-state index is 12.6. The van der Waals surface area contributed by atoms with Crippen molar-refractivity contribution in [1.82, 2.24) is 9.78 Å². The molecule has 2 rings (SSSR count). The summed E-state index contributed by atoms with van der Waals surface area (Å²) in [5.74, 6) is 0. The van der Waals surface area contributed by atoms with E-state index in [1.165, 1.54) is 11.7 Å². The molecule has 0 saturated heterocycles. The van der Waals surface area contributed by atoms with Crippen molar-refractivity contribution in [3.8, 4) is 0 Å².